The van der Waals surface area contributed by atoms with E-state index in [0.29, 0.717) is 11.2 Å². The number of hydrazone groups is 2. The van der Waals surface area contributed by atoms with E-state index in [1.165, 1.54) is 11.8 Å². The van der Waals surface area contributed by atoms with Crippen LogP contribution in [0.15, 0.2) is 48.5 Å². The minimum atomic E-state index is 0.382. The fraction of sp³-hybridized carbons (Fsp3) is 0.348. The van der Waals surface area contributed by atoms with E-state index in [9.17, 15) is 0 Å². The van der Waals surface area contributed by atoms with Crippen LogP contribution in [0, 0.1) is 11.3 Å². The van der Waals surface area contributed by atoms with Crippen LogP contribution in [0.5, 0.6) is 10.9 Å². The van der Waals surface area contributed by atoms with E-state index >= 15 is 0 Å². The average Bonchev–Trinajstić information content (AvgIpc) is 3.21. The predicted molar refractivity (Wildman–Crippen MR) is 123 cm³/mol. The molecular weight excluding hydrogens is 408 g/mol. The van der Waals surface area contributed by atoms with Gasteiger partial charge in [-0.25, -0.2) is 4.98 Å². The quantitative estimate of drug-likeness (QED) is 0.321. The zero-order chi connectivity index (χ0) is 21.5. The van der Waals surface area contributed by atoms with Gasteiger partial charge in [-0.05, 0) is 49.1 Å². The fourth-order valence-corrected chi connectivity index (χ4v) is 4.55. The molecule has 0 atom stereocenters. The minimum absolute atomic E-state index is 0.382. The Morgan fingerprint density at radius 2 is 2.00 bits per heavy atom. The molecule has 1 aliphatic heterocycles. The Bertz CT molecular complexity index is 1030. The van der Waals surface area contributed by atoms with E-state index in [4.69, 9.17) is 10.00 Å². The van der Waals surface area contributed by atoms with Crippen molar-refractivity contribution in [3.8, 4) is 17.0 Å². The molecule has 4 rings (SSSR count). The number of nitrogens with one attached hydrogen (secondary N) is 2. The summed E-state index contributed by atoms with van der Waals surface area (Å²) in [7, 11) is 1.80. The summed E-state index contributed by atoms with van der Waals surface area (Å²) in [6.45, 7) is 3.16. The number of hydrazine groups is 2. The normalized spacial score (nSPS) is 15.5. The number of nitrogens with zero attached hydrogens (tertiary/aromatic N) is 4. The van der Waals surface area contributed by atoms with Crippen molar-refractivity contribution in [2.75, 3.05) is 26.7 Å². The van der Waals surface area contributed by atoms with Gasteiger partial charge in [0.15, 0.2) is 6.07 Å². The van der Waals surface area contributed by atoms with Gasteiger partial charge < -0.3 is 9.64 Å². The van der Waals surface area contributed by atoms with Crippen LogP contribution in [0.1, 0.15) is 18.4 Å². The lowest BCUT2D eigenvalue weighted by Crippen LogP contribution is -2.49. The van der Waals surface area contributed by atoms with Gasteiger partial charge in [0.25, 0.3) is 5.19 Å². The van der Waals surface area contributed by atoms with Crippen LogP contribution in [-0.2, 0) is 6.42 Å². The summed E-state index contributed by atoms with van der Waals surface area (Å²) in [5.41, 5.74) is 8.57. The number of hydrogen-bond acceptors (Lipinski definition) is 7. The zero-order valence-electron chi connectivity index (χ0n) is 17.6. The van der Waals surface area contributed by atoms with Crippen molar-refractivity contribution < 1.29 is 9.53 Å². The number of thiazole rings is 1. The summed E-state index contributed by atoms with van der Waals surface area (Å²) in [5.74, 6) is 0.818. The summed E-state index contributed by atoms with van der Waals surface area (Å²) in [6.07, 6.45) is 4.58. The van der Waals surface area contributed by atoms with Gasteiger partial charge in [0, 0.05) is 24.4 Å². The molecule has 7 nitrogen and oxygen atoms in total. The van der Waals surface area contributed by atoms with Crippen molar-refractivity contribution in [3.05, 3.63) is 54.1 Å². The molecule has 0 amide bonds. The summed E-state index contributed by atoms with van der Waals surface area (Å²) in [5, 5.41) is 9.47. The Hall–Kier alpha value is -3.15. The van der Waals surface area contributed by atoms with Gasteiger partial charge in [-0.3, -0.25) is 0 Å². The second-order valence-electron chi connectivity index (χ2n) is 7.54. The van der Waals surface area contributed by atoms with Crippen molar-refractivity contribution >= 4 is 27.8 Å². The first-order valence-electron chi connectivity index (χ1n) is 10.5. The Balaban J connectivity index is 1.23. The van der Waals surface area contributed by atoms with Crippen LogP contribution in [0.4, 0.5) is 0 Å². The van der Waals surface area contributed by atoms with Gasteiger partial charge in [-0.15, -0.1) is 0 Å². The molecule has 8 heteroatoms. The molecule has 1 saturated heterocycles. The molecule has 31 heavy (non-hydrogen) atoms. The number of piperidine rings is 1. The van der Waals surface area contributed by atoms with Crippen LogP contribution >= 0.6 is 11.3 Å². The molecule has 0 bridgehead atoms. The summed E-state index contributed by atoms with van der Waals surface area (Å²) in [4.78, 5) is 8.67. The summed E-state index contributed by atoms with van der Waals surface area (Å²) < 4.78 is 7.08. The van der Waals surface area contributed by atoms with E-state index in [1.54, 1.807) is 23.2 Å². The molecule has 0 radical (unpaired) electrons. The number of nitriles is 1. The molecule has 3 aromatic rings. The SMILES string of the molecule is CN/[N+](=C\C#N)NC1CCN(CCc2ccc(Oc3nc4ccccc4s3)cc2)CC1. The largest absolute Gasteiger partial charge is 0.431 e. The van der Waals surface area contributed by atoms with Crippen LogP contribution in [0.25, 0.3) is 10.2 Å². The average molecular weight is 436 g/mol. The molecule has 0 saturated carbocycles. The molecule has 0 spiro atoms. The number of likely N-dealkylation sites (tertiary alicyclic amines) is 1. The van der Waals surface area contributed by atoms with E-state index < -0.39 is 0 Å². The van der Waals surface area contributed by atoms with E-state index in [1.807, 2.05) is 36.4 Å². The zero-order valence-corrected chi connectivity index (χ0v) is 18.4. The van der Waals surface area contributed by atoms with Crippen molar-refractivity contribution in [1.82, 2.24) is 20.7 Å². The summed E-state index contributed by atoms with van der Waals surface area (Å²) >= 11 is 1.56. The van der Waals surface area contributed by atoms with Crippen LogP contribution in [0.2, 0.25) is 0 Å². The highest BCUT2D eigenvalue weighted by atomic mass is 32.1. The highest BCUT2D eigenvalue weighted by molar-refractivity contribution is 7.20. The smallest absolute Gasteiger partial charge is 0.303 e. The third-order valence-corrected chi connectivity index (χ3v) is 6.37. The maximum atomic E-state index is 8.79. The molecular formula is C23H27N6OS+. The first-order valence-corrected chi connectivity index (χ1v) is 11.4. The number of fused-ring (bicyclic) bond motifs is 1. The maximum absolute atomic E-state index is 8.79. The van der Waals surface area contributed by atoms with Crippen molar-refractivity contribution in [2.24, 2.45) is 0 Å². The molecule has 1 aromatic heterocycles. The molecule has 2 heterocycles. The van der Waals surface area contributed by atoms with E-state index in [0.717, 1.165) is 54.9 Å². The lowest BCUT2D eigenvalue weighted by Gasteiger charge is -2.30. The van der Waals surface area contributed by atoms with Gasteiger partial charge >= 0.3 is 6.21 Å². The number of benzene rings is 2. The molecule has 1 fully saturated rings. The minimum Gasteiger partial charge on any atom is -0.431 e. The molecule has 160 valence electrons. The predicted octanol–water partition coefficient (Wildman–Crippen LogP) is 3.34. The molecule has 1 aliphatic rings. The molecule has 2 aromatic carbocycles. The maximum Gasteiger partial charge on any atom is 0.303 e. The standard InChI is InChI=1S/C23H27N6OS/c1-25-29(17-13-24)27-19-11-15-28(16-12-19)14-10-18-6-8-20(9-7-18)30-23-26-21-4-2-3-5-22(21)31-23/h2-9,17,19,25,27H,10-12,14-16H2,1H3/q+1/b29-17+. The van der Waals surface area contributed by atoms with Crippen molar-refractivity contribution in [2.45, 2.75) is 25.3 Å². The van der Waals surface area contributed by atoms with Crippen molar-refractivity contribution in [3.63, 3.8) is 0 Å². The van der Waals surface area contributed by atoms with Crippen molar-refractivity contribution in [1.29, 1.82) is 5.26 Å². The Morgan fingerprint density at radius 1 is 1.23 bits per heavy atom. The Kier molecular flexibility index (Phi) is 6.97. The number of ether oxygens (including phenoxy) is 1. The second kappa shape index (κ2) is 10.2. The fourth-order valence-electron chi connectivity index (χ4n) is 3.71. The first kappa shape index (κ1) is 21.1. The first-order chi connectivity index (χ1) is 15.2. The third kappa shape index (κ3) is 5.72. The number of hydrogen-bond donors (Lipinski definition) is 2. The van der Waals surface area contributed by atoms with Gasteiger partial charge in [-0.2, -0.15) is 16.1 Å². The third-order valence-electron chi connectivity index (χ3n) is 5.46. The van der Waals surface area contributed by atoms with Gasteiger partial charge in [0.1, 0.15) is 5.75 Å². The number of rotatable bonds is 8. The highest BCUT2D eigenvalue weighted by Gasteiger charge is 2.22. The van der Waals surface area contributed by atoms with E-state index in [2.05, 4.69) is 38.9 Å². The topological polar surface area (TPSA) is 76.2 Å². The summed E-state index contributed by atoms with van der Waals surface area (Å²) in [6, 6.07) is 18.8. The molecule has 2 N–H and O–H groups in total. The lowest BCUT2D eigenvalue weighted by molar-refractivity contribution is -0.639. The number of para-hydroxylation sites is 1. The Morgan fingerprint density at radius 3 is 2.71 bits per heavy atom. The van der Waals surface area contributed by atoms with Gasteiger partial charge in [0.2, 0.25) is 0 Å². The highest BCUT2D eigenvalue weighted by Crippen LogP contribution is 2.31. The van der Waals surface area contributed by atoms with Crippen LogP contribution in [0.3, 0.4) is 0 Å². The Labute approximate surface area is 186 Å². The molecule has 0 unspecified atom stereocenters. The van der Waals surface area contributed by atoms with E-state index in [-0.39, 0.29) is 0 Å². The monoisotopic (exact) mass is 435 g/mol. The lowest BCUT2D eigenvalue weighted by atomic mass is 10.0. The van der Waals surface area contributed by atoms with Crippen LogP contribution < -0.4 is 15.6 Å². The van der Waals surface area contributed by atoms with Crippen LogP contribution in [-0.4, -0.2) is 53.6 Å². The second-order valence-corrected chi connectivity index (χ2v) is 8.53. The van der Waals surface area contributed by atoms with Gasteiger partial charge in [0.05, 0.1) is 23.3 Å². The van der Waals surface area contributed by atoms with Gasteiger partial charge in [-0.1, -0.05) is 35.6 Å². The molecule has 0 aliphatic carbocycles. The number of aromatic nitrogens is 1.